The zero-order valence-corrected chi connectivity index (χ0v) is 16.5. The van der Waals surface area contributed by atoms with E-state index in [0.29, 0.717) is 6.61 Å². The van der Waals surface area contributed by atoms with Crippen molar-refractivity contribution in [2.24, 2.45) is 0 Å². The summed E-state index contributed by atoms with van der Waals surface area (Å²) in [6, 6.07) is 7.83. The number of aryl methyl sites for hydroxylation is 1. The van der Waals surface area contributed by atoms with Gasteiger partial charge in [-0.1, -0.05) is 23.9 Å². The van der Waals surface area contributed by atoms with Crippen molar-refractivity contribution in [2.45, 2.75) is 49.6 Å². The van der Waals surface area contributed by atoms with E-state index in [0.717, 1.165) is 48.2 Å². The summed E-state index contributed by atoms with van der Waals surface area (Å²) in [6.45, 7) is 6.20. The maximum Gasteiger partial charge on any atom is 0.238 e. The molecule has 0 bridgehead atoms. The summed E-state index contributed by atoms with van der Waals surface area (Å²) in [5.74, 6) is 1.81. The van der Waals surface area contributed by atoms with Crippen molar-refractivity contribution >= 4 is 17.7 Å². The minimum atomic E-state index is -0.267. The Balaban J connectivity index is 1.64. The number of likely N-dealkylation sites (tertiary alicyclic amines) is 1. The average Bonchev–Trinajstić information content (AvgIpc) is 3.08. The fraction of sp³-hybridized carbons (Fsp3) is 0.526. The van der Waals surface area contributed by atoms with Crippen LogP contribution in [0.1, 0.15) is 43.6 Å². The molecule has 0 unspecified atom stereocenters. The Labute approximate surface area is 163 Å². The van der Waals surface area contributed by atoms with Gasteiger partial charge in [0.25, 0.3) is 0 Å². The SMILES string of the molecule is CCOc1ccc([C@@H]2Nn3c(C)nnc3S[C@@H]2C(=O)N2CCCCC2)cc1. The second-order valence-electron chi connectivity index (χ2n) is 6.90. The van der Waals surface area contributed by atoms with Crippen molar-refractivity contribution in [2.75, 3.05) is 25.1 Å². The number of thioether (sulfide) groups is 1. The lowest BCUT2D eigenvalue weighted by atomic mass is 10.0. The first-order valence-electron chi connectivity index (χ1n) is 9.54. The van der Waals surface area contributed by atoms with E-state index in [-0.39, 0.29) is 17.2 Å². The molecule has 3 heterocycles. The Bertz CT molecular complexity index is 801. The Hall–Kier alpha value is -2.22. The quantitative estimate of drug-likeness (QED) is 0.870. The number of piperidine rings is 1. The molecular weight excluding hydrogens is 362 g/mol. The van der Waals surface area contributed by atoms with Crippen LogP contribution >= 0.6 is 11.8 Å². The Morgan fingerprint density at radius 3 is 2.67 bits per heavy atom. The highest BCUT2D eigenvalue weighted by Gasteiger charge is 2.39. The van der Waals surface area contributed by atoms with Gasteiger partial charge in [0.05, 0.1) is 12.6 Å². The topological polar surface area (TPSA) is 72.3 Å². The molecule has 2 aliphatic rings. The fourth-order valence-corrected chi connectivity index (χ4v) is 4.84. The van der Waals surface area contributed by atoms with Crippen LogP contribution in [-0.2, 0) is 4.79 Å². The van der Waals surface area contributed by atoms with Crippen molar-refractivity contribution in [3.63, 3.8) is 0 Å². The molecule has 8 heteroatoms. The molecule has 2 atom stereocenters. The van der Waals surface area contributed by atoms with E-state index in [1.54, 1.807) is 0 Å². The van der Waals surface area contributed by atoms with Gasteiger partial charge >= 0.3 is 0 Å². The Kier molecular flexibility index (Phi) is 5.24. The zero-order chi connectivity index (χ0) is 18.8. The van der Waals surface area contributed by atoms with Gasteiger partial charge < -0.3 is 15.1 Å². The maximum absolute atomic E-state index is 13.3. The van der Waals surface area contributed by atoms with Gasteiger partial charge in [-0.25, -0.2) is 4.68 Å². The second kappa shape index (κ2) is 7.80. The fourth-order valence-electron chi connectivity index (χ4n) is 3.63. The standard InChI is InChI=1S/C19H25N5O2S/c1-3-26-15-9-7-14(8-10-15)16-17(18(25)23-11-5-4-6-12-23)27-19-21-20-13(2)24(19)22-16/h7-10,16-17,22H,3-6,11-12H2,1-2H3/t16-,17-/m0/s1. The molecule has 1 saturated heterocycles. The molecule has 2 aromatic rings. The first-order chi connectivity index (χ1) is 13.2. The van der Waals surface area contributed by atoms with E-state index in [4.69, 9.17) is 4.74 Å². The summed E-state index contributed by atoms with van der Waals surface area (Å²) >= 11 is 1.50. The number of amides is 1. The minimum Gasteiger partial charge on any atom is -0.494 e. The smallest absolute Gasteiger partial charge is 0.238 e. The van der Waals surface area contributed by atoms with Crippen LogP contribution in [0.2, 0.25) is 0 Å². The summed E-state index contributed by atoms with van der Waals surface area (Å²) in [6.07, 6.45) is 3.37. The average molecular weight is 388 g/mol. The number of fused-ring (bicyclic) bond motifs is 1. The lowest BCUT2D eigenvalue weighted by Crippen LogP contribution is -2.47. The van der Waals surface area contributed by atoms with Gasteiger partial charge in [0.2, 0.25) is 11.1 Å². The molecule has 7 nitrogen and oxygen atoms in total. The number of hydrogen-bond donors (Lipinski definition) is 1. The first-order valence-corrected chi connectivity index (χ1v) is 10.4. The molecule has 1 fully saturated rings. The van der Waals surface area contributed by atoms with Gasteiger partial charge in [0.1, 0.15) is 16.8 Å². The van der Waals surface area contributed by atoms with Gasteiger partial charge in [-0.15, -0.1) is 10.2 Å². The van der Waals surface area contributed by atoms with Crippen LogP contribution in [0.15, 0.2) is 29.4 Å². The predicted molar refractivity (Wildman–Crippen MR) is 105 cm³/mol. The summed E-state index contributed by atoms with van der Waals surface area (Å²) in [7, 11) is 0. The third-order valence-electron chi connectivity index (χ3n) is 5.06. The summed E-state index contributed by atoms with van der Waals surface area (Å²) in [4.78, 5) is 15.3. The van der Waals surface area contributed by atoms with Crippen LogP contribution in [0.3, 0.4) is 0 Å². The highest BCUT2D eigenvalue weighted by Crippen LogP contribution is 2.38. The van der Waals surface area contributed by atoms with Gasteiger partial charge in [0, 0.05) is 13.1 Å². The molecule has 0 saturated carbocycles. The molecule has 2 aliphatic heterocycles. The number of ether oxygens (including phenoxy) is 1. The van der Waals surface area contributed by atoms with Gasteiger partial charge in [0.15, 0.2) is 0 Å². The van der Waals surface area contributed by atoms with Crippen LogP contribution < -0.4 is 10.2 Å². The van der Waals surface area contributed by atoms with Crippen LogP contribution in [-0.4, -0.2) is 50.6 Å². The number of rotatable bonds is 4. The maximum atomic E-state index is 13.3. The van der Waals surface area contributed by atoms with E-state index in [1.165, 1.54) is 18.2 Å². The van der Waals surface area contributed by atoms with E-state index >= 15 is 0 Å². The summed E-state index contributed by atoms with van der Waals surface area (Å²) < 4.78 is 7.44. The van der Waals surface area contributed by atoms with Crippen molar-refractivity contribution < 1.29 is 9.53 Å². The van der Waals surface area contributed by atoms with Gasteiger partial charge in [-0.3, -0.25) is 4.79 Å². The predicted octanol–water partition coefficient (Wildman–Crippen LogP) is 2.76. The van der Waals surface area contributed by atoms with Crippen molar-refractivity contribution in [1.82, 2.24) is 19.8 Å². The molecule has 1 N–H and O–H groups in total. The molecule has 4 rings (SSSR count). The van der Waals surface area contributed by atoms with E-state index in [1.807, 2.05) is 47.7 Å². The number of hydrogen-bond acceptors (Lipinski definition) is 6. The van der Waals surface area contributed by atoms with E-state index < -0.39 is 0 Å². The van der Waals surface area contributed by atoms with Crippen molar-refractivity contribution in [3.8, 4) is 5.75 Å². The molecule has 144 valence electrons. The monoisotopic (exact) mass is 387 g/mol. The highest BCUT2D eigenvalue weighted by atomic mass is 32.2. The molecular formula is C19H25N5O2S. The van der Waals surface area contributed by atoms with Gasteiger partial charge in [-0.05, 0) is 50.8 Å². The number of carbonyl (C=O) groups is 1. The molecule has 1 aromatic heterocycles. The number of carbonyl (C=O) groups excluding carboxylic acids is 1. The third kappa shape index (κ3) is 3.63. The first kappa shape index (κ1) is 18.2. The second-order valence-corrected chi connectivity index (χ2v) is 8.01. The number of benzene rings is 1. The molecule has 1 amide bonds. The minimum absolute atomic E-state index is 0.151. The number of aromatic nitrogens is 3. The summed E-state index contributed by atoms with van der Waals surface area (Å²) in [5.41, 5.74) is 4.52. The van der Waals surface area contributed by atoms with Crippen molar-refractivity contribution in [1.29, 1.82) is 0 Å². The molecule has 0 aliphatic carbocycles. The lowest BCUT2D eigenvalue weighted by molar-refractivity contribution is -0.131. The van der Waals surface area contributed by atoms with E-state index in [9.17, 15) is 4.79 Å². The van der Waals surface area contributed by atoms with Gasteiger partial charge in [-0.2, -0.15) is 0 Å². The van der Waals surface area contributed by atoms with Crippen LogP contribution in [0.25, 0.3) is 0 Å². The number of nitrogens with zero attached hydrogens (tertiary/aromatic N) is 4. The van der Waals surface area contributed by atoms with Crippen LogP contribution in [0.5, 0.6) is 5.75 Å². The Morgan fingerprint density at radius 2 is 1.96 bits per heavy atom. The third-order valence-corrected chi connectivity index (χ3v) is 6.26. The summed E-state index contributed by atoms with van der Waals surface area (Å²) in [5, 5.41) is 8.85. The normalized spacial score (nSPS) is 22.1. The Morgan fingerprint density at radius 1 is 1.22 bits per heavy atom. The molecule has 1 aromatic carbocycles. The zero-order valence-electron chi connectivity index (χ0n) is 15.7. The lowest BCUT2D eigenvalue weighted by Gasteiger charge is -2.37. The van der Waals surface area contributed by atoms with Crippen LogP contribution in [0, 0.1) is 6.92 Å². The largest absolute Gasteiger partial charge is 0.494 e. The van der Waals surface area contributed by atoms with Crippen LogP contribution in [0.4, 0.5) is 0 Å². The van der Waals surface area contributed by atoms with E-state index in [2.05, 4.69) is 15.6 Å². The highest BCUT2D eigenvalue weighted by molar-refractivity contribution is 8.00. The molecule has 0 radical (unpaired) electrons. The molecule has 27 heavy (non-hydrogen) atoms. The van der Waals surface area contributed by atoms with Crippen molar-refractivity contribution in [3.05, 3.63) is 35.7 Å². The molecule has 0 spiro atoms. The number of nitrogens with one attached hydrogen (secondary N) is 1.